The van der Waals surface area contributed by atoms with Gasteiger partial charge >= 0.3 is 0 Å². The van der Waals surface area contributed by atoms with Gasteiger partial charge < -0.3 is 10.2 Å². The molecule has 0 radical (unpaired) electrons. The van der Waals surface area contributed by atoms with Crippen molar-refractivity contribution in [1.29, 1.82) is 0 Å². The Morgan fingerprint density at radius 2 is 1.89 bits per heavy atom. The molecule has 1 aromatic heterocycles. The Bertz CT molecular complexity index is 958. The van der Waals surface area contributed by atoms with Crippen molar-refractivity contribution in [2.24, 2.45) is 0 Å². The second kappa shape index (κ2) is 7.95. The van der Waals surface area contributed by atoms with E-state index in [1.165, 1.54) is 6.07 Å². The summed E-state index contributed by atoms with van der Waals surface area (Å²) in [7, 11) is 0. The Hall–Kier alpha value is -3.28. The summed E-state index contributed by atoms with van der Waals surface area (Å²) in [6, 6.07) is 14.4. The van der Waals surface area contributed by atoms with Crippen molar-refractivity contribution in [1.82, 2.24) is 4.98 Å². The number of amides is 1. The van der Waals surface area contributed by atoms with Gasteiger partial charge in [0, 0.05) is 18.3 Å². The monoisotopic (exact) mass is 367 g/mol. The van der Waals surface area contributed by atoms with Gasteiger partial charge in [0.05, 0.1) is 17.6 Å². The minimum absolute atomic E-state index is 0.0952. The van der Waals surface area contributed by atoms with Crippen LogP contribution in [0.1, 0.15) is 23.0 Å². The van der Waals surface area contributed by atoms with Crippen molar-refractivity contribution >= 4 is 23.0 Å². The molecule has 0 spiro atoms. The lowest BCUT2D eigenvalue weighted by molar-refractivity contribution is 0.102. The van der Waals surface area contributed by atoms with Gasteiger partial charge in [-0.05, 0) is 55.8 Å². The summed E-state index contributed by atoms with van der Waals surface area (Å²) < 4.78 is 26.6. The number of carbonyl (C=O) groups is 1. The lowest BCUT2D eigenvalue weighted by Gasteiger charge is -2.23. The van der Waals surface area contributed by atoms with Gasteiger partial charge in [-0.25, -0.2) is 13.8 Å². The number of halogens is 2. The first-order chi connectivity index (χ1) is 13.0. The van der Waals surface area contributed by atoms with E-state index in [0.717, 1.165) is 29.5 Å². The lowest BCUT2D eigenvalue weighted by Crippen LogP contribution is -2.18. The maximum Gasteiger partial charge on any atom is 0.274 e. The molecule has 6 heteroatoms. The molecule has 0 bridgehead atoms. The molecule has 0 unspecified atom stereocenters. The van der Waals surface area contributed by atoms with Crippen molar-refractivity contribution < 1.29 is 13.6 Å². The lowest BCUT2D eigenvalue weighted by atomic mass is 10.2. The van der Waals surface area contributed by atoms with Crippen LogP contribution in [0.3, 0.4) is 0 Å². The second-order valence-corrected chi connectivity index (χ2v) is 6.06. The van der Waals surface area contributed by atoms with E-state index in [1.54, 1.807) is 18.3 Å². The molecule has 0 fully saturated rings. The van der Waals surface area contributed by atoms with E-state index in [2.05, 4.69) is 21.3 Å². The van der Waals surface area contributed by atoms with Crippen LogP contribution in [0.25, 0.3) is 0 Å². The molecule has 2 aromatic carbocycles. The first-order valence-corrected chi connectivity index (χ1v) is 8.54. The molecule has 27 heavy (non-hydrogen) atoms. The first kappa shape index (κ1) is 18.5. The number of aromatic nitrogens is 1. The van der Waals surface area contributed by atoms with E-state index in [9.17, 15) is 13.6 Å². The molecule has 1 N–H and O–H groups in total. The molecule has 0 aliphatic heterocycles. The molecule has 3 rings (SSSR count). The minimum Gasteiger partial charge on any atom is -0.341 e. The maximum absolute atomic E-state index is 13.7. The maximum atomic E-state index is 13.7. The quantitative estimate of drug-likeness (QED) is 0.684. The van der Waals surface area contributed by atoms with Crippen LogP contribution in [-0.4, -0.2) is 17.4 Å². The molecule has 3 aromatic rings. The fraction of sp³-hybridized carbons (Fsp3) is 0.143. The summed E-state index contributed by atoms with van der Waals surface area (Å²) in [6.45, 7) is 4.79. The van der Waals surface area contributed by atoms with Gasteiger partial charge in [0.1, 0.15) is 17.3 Å². The van der Waals surface area contributed by atoms with Crippen LogP contribution >= 0.6 is 0 Å². The molecule has 0 saturated heterocycles. The summed E-state index contributed by atoms with van der Waals surface area (Å²) in [5.74, 6) is -2.11. The van der Waals surface area contributed by atoms with Crippen LogP contribution in [0, 0.1) is 18.6 Å². The van der Waals surface area contributed by atoms with Gasteiger partial charge in [-0.15, -0.1) is 0 Å². The zero-order chi connectivity index (χ0) is 19.4. The normalized spacial score (nSPS) is 10.5. The highest BCUT2D eigenvalue weighted by atomic mass is 19.1. The van der Waals surface area contributed by atoms with Crippen molar-refractivity contribution in [3.63, 3.8) is 0 Å². The highest BCUT2D eigenvalue weighted by molar-refractivity contribution is 6.03. The highest BCUT2D eigenvalue weighted by Gasteiger charge is 2.13. The van der Waals surface area contributed by atoms with E-state index >= 15 is 0 Å². The van der Waals surface area contributed by atoms with Crippen LogP contribution in [0.15, 0.2) is 60.8 Å². The average molecular weight is 367 g/mol. The largest absolute Gasteiger partial charge is 0.341 e. The molecule has 0 aliphatic rings. The fourth-order valence-corrected chi connectivity index (χ4v) is 2.77. The fourth-order valence-electron chi connectivity index (χ4n) is 2.77. The molecule has 1 amide bonds. The number of hydrogen-bond donors (Lipinski definition) is 1. The standard InChI is InChI=1S/C21H19F2N3O/c1-3-26(16-6-4-5-14(2)11-16)17-8-10-20(24-13-17)21(27)25-19-9-7-15(22)12-18(19)23/h4-13H,3H2,1-2H3,(H,25,27). The second-order valence-electron chi connectivity index (χ2n) is 6.06. The van der Waals surface area contributed by atoms with Crippen LogP contribution < -0.4 is 10.2 Å². The number of benzene rings is 2. The topological polar surface area (TPSA) is 45.2 Å². The molecule has 0 aliphatic carbocycles. The number of anilines is 3. The number of nitrogens with zero attached hydrogens (tertiary/aromatic N) is 2. The van der Waals surface area contributed by atoms with Crippen LogP contribution in [0.5, 0.6) is 0 Å². The Labute approximate surface area is 156 Å². The summed E-state index contributed by atoms with van der Waals surface area (Å²) in [4.78, 5) is 18.5. The van der Waals surface area contributed by atoms with E-state index in [-0.39, 0.29) is 11.4 Å². The average Bonchev–Trinajstić information content (AvgIpc) is 2.65. The van der Waals surface area contributed by atoms with Crippen molar-refractivity contribution in [2.45, 2.75) is 13.8 Å². The van der Waals surface area contributed by atoms with Crippen molar-refractivity contribution in [3.8, 4) is 0 Å². The molecule has 0 atom stereocenters. The number of pyridine rings is 1. The summed E-state index contributed by atoms with van der Waals surface area (Å²) in [5.41, 5.74) is 3.07. The molecule has 4 nitrogen and oxygen atoms in total. The zero-order valence-corrected chi connectivity index (χ0v) is 15.0. The Morgan fingerprint density at radius 3 is 2.52 bits per heavy atom. The minimum atomic E-state index is -0.837. The first-order valence-electron chi connectivity index (χ1n) is 8.54. The number of rotatable bonds is 5. The van der Waals surface area contributed by atoms with E-state index < -0.39 is 17.5 Å². The van der Waals surface area contributed by atoms with E-state index in [4.69, 9.17) is 0 Å². The summed E-state index contributed by atoms with van der Waals surface area (Å²) in [6.07, 6.45) is 1.60. The zero-order valence-electron chi connectivity index (χ0n) is 15.0. The molecule has 0 saturated carbocycles. The Balaban J connectivity index is 1.78. The molecule has 138 valence electrons. The van der Waals surface area contributed by atoms with Crippen molar-refractivity contribution in [2.75, 3.05) is 16.8 Å². The van der Waals surface area contributed by atoms with Gasteiger partial charge in [-0.2, -0.15) is 0 Å². The predicted molar refractivity (Wildman–Crippen MR) is 102 cm³/mol. The third-order valence-electron chi connectivity index (χ3n) is 4.10. The number of nitrogens with one attached hydrogen (secondary N) is 1. The third-order valence-corrected chi connectivity index (χ3v) is 4.10. The highest BCUT2D eigenvalue weighted by Crippen LogP contribution is 2.25. The van der Waals surface area contributed by atoms with E-state index in [0.29, 0.717) is 6.07 Å². The van der Waals surface area contributed by atoms with Crippen LogP contribution in [-0.2, 0) is 0 Å². The molecular weight excluding hydrogens is 348 g/mol. The smallest absolute Gasteiger partial charge is 0.274 e. The van der Waals surface area contributed by atoms with Gasteiger partial charge in [-0.1, -0.05) is 12.1 Å². The molecular formula is C21H19F2N3O. The van der Waals surface area contributed by atoms with Gasteiger partial charge in [-0.3, -0.25) is 4.79 Å². The Kier molecular flexibility index (Phi) is 5.45. The van der Waals surface area contributed by atoms with E-state index in [1.807, 2.05) is 32.0 Å². The van der Waals surface area contributed by atoms with Gasteiger partial charge in [0.25, 0.3) is 5.91 Å². The van der Waals surface area contributed by atoms with Crippen LogP contribution in [0.4, 0.5) is 25.8 Å². The molecule has 1 heterocycles. The SMILES string of the molecule is CCN(c1ccc(C(=O)Nc2ccc(F)cc2F)nc1)c1cccc(C)c1. The Morgan fingerprint density at radius 1 is 1.07 bits per heavy atom. The predicted octanol–water partition coefficient (Wildman–Crippen LogP) is 5.08. The van der Waals surface area contributed by atoms with Gasteiger partial charge in [0.15, 0.2) is 0 Å². The van der Waals surface area contributed by atoms with Gasteiger partial charge in [0.2, 0.25) is 0 Å². The number of aryl methyl sites for hydroxylation is 1. The van der Waals surface area contributed by atoms with Crippen molar-refractivity contribution in [3.05, 3.63) is 83.7 Å². The summed E-state index contributed by atoms with van der Waals surface area (Å²) >= 11 is 0. The number of hydrogen-bond acceptors (Lipinski definition) is 3. The number of carbonyl (C=O) groups excluding carboxylic acids is 1. The van der Waals surface area contributed by atoms with Crippen LogP contribution in [0.2, 0.25) is 0 Å². The third kappa shape index (κ3) is 4.28. The summed E-state index contributed by atoms with van der Waals surface area (Å²) in [5, 5.41) is 2.40.